The molecule has 0 radical (unpaired) electrons. The van der Waals surface area contributed by atoms with E-state index in [-0.39, 0.29) is 5.41 Å². The zero-order valence-electron chi connectivity index (χ0n) is 13.1. The predicted octanol–water partition coefficient (Wildman–Crippen LogP) is 6.40. The van der Waals surface area contributed by atoms with Gasteiger partial charge >= 0.3 is 0 Å². The molecule has 1 aliphatic rings. The Bertz CT molecular complexity index is 1130. The van der Waals surface area contributed by atoms with Crippen molar-refractivity contribution in [2.45, 2.75) is 13.8 Å². The van der Waals surface area contributed by atoms with E-state index in [1.165, 1.54) is 0 Å². The molecule has 0 unspecified atom stereocenters. The van der Waals surface area contributed by atoms with E-state index in [4.69, 9.17) is 8.83 Å². The molecular weight excluding hydrogens is 284 g/mol. The van der Waals surface area contributed by atoms with Gasteiger partial charge in [-0.2, -0.15) is 0 Å². The summed E-state index contributed by atoms with van der Waals surface area (Å²) in [6, 6.07) is 12.3. The molecule has 0 fully saturated rings. The van der Waals surface area contributed by atoms with Crippen molar-refractivity contribution in [3.63, 3.8) is 0 Å². The number of hydrogen-bond acceptors (Lipinski definition) is 2. The van der Waals surface area contributed by atoms with Crippen LogP contribution in [0.15, 0.2) is 57.4 Å². The first-order chi connectivity index (χ1) is 11.1. The van der Waals surface area contributed by atoms with Crippen molar-refractivity contribution in [3.05, 3.63) is 59.9 Å². The van der Waals surface area contributed by atoms with Gasteiger partial charge in [0, 0.05) is 27.1 Å². The molecule has 2 heteroatoms. The number of benzene rings is 2. The quantitative estimate of drug-likeness (QED) is 0.375. The Morgan fingerprint density at radius 1 is 0.739 bits per heavy atom. The molecule has 2 aromatic carbocycles. The smallest absolute Gasteiger partial charge is 0.136 e. The van der Waals surface area contributed by atoms with Gasteiger partial charge in [-0.25, -0.2) is 0 Å². The van der Waals surface area contributed by atoms with Crippen LogP contribution in [-0.2, 0) is 0 Å². The monoisotopic (exact) mass is 300 g/mol. The fourth-order valence-electron chi connectivity index (χ4n) is 3.29. The highest BCUT2D eigenvalue weighted by Crippen LogP contribution is 2.38. The fourth-order valence-corrected chi connectivity index (χ4v) is 3.29. The summed E-state index contributed by atoms with van der Waals surface area (Å²) >= 11 is 0. The molecule has 0 N–H and O–H groups in total. The molecule has 4 aromatic rings. The van der Waals surface area contributed by atoms with Gasteiger partial charge in [0.2, 0.25) is 0 Å². The van der Waals surface area contributed by atoms with Crippen molar-refractivity contribution in [2.24, 2.45) is 5.41 Å². The van der Waals surface area contributed by atoms with Gasteiger partial charge in [-0.1, -0.05) is 50.3 Å². The van der Waals surface area contributed by atoms with Crippen LogP contribution in [0, 0.1) is 5.41 Å². The van der Waals surface area contributed by atoms with Crippen molar-refractivity contribution in [3.8, 4) is 0 Å². The number of rotatable bonds is 0. The van der Waals surface area contributed by atoms with Crippen molar-refractivity contribution in [2.75, 3.05) is 0 Å². The largest absolute Gasteiger partial charge is 0.456 e. The topological polar surface area (TPSA) is 26.3 Å². The lowest BCUT2D eigenvalue weighted by molar-refractivity contribution is 0.600. The summed E-state index contributed by atoms with van der Waals surface area (Å²) in [7, 11) is 0. The van der Waals surface area contributed by atoms with Gasteiger partial charge in [-0.3, -0.25) is 0 Å². The molecule has 2 heterocycles. The number of fused-ring (bicyclic) bond motifs is 6. The molecule has 0 saturated carbocycles. The maximum atomic E-state index is 6.11. The molecule has 1 aliphatic carbocycles. The van der Waals surface area contributed by atoms with Crippen LogP contribution in [0.3, 0.4) is 0 Å². The van der Waals surface area contributed by atoms with Crippen LogP contribution in [-0.4, -0.2) is 0 Å². The van der Waals surface area contributed by atoms with E-state index in [0.29, 0.717) is 0 Å². The van der Waals surface area contributed by atoms with Gasteiger partial charge in [0.25, 0.3) is 0 Å². The summed E-state index contributed by atoms with van der Waals surface area (Å²) in [4.78, 5) is 0. The second kappa shape index (κ2) is 4.17. The van der Waals surface area contributed by atoms with Crippen molar-refractivity contribution >= 4 is 45.1 Å². The lowest BCUT2D eigenvalue weighted by atomic mass is 9.93. The summed E-state index contributed by atoms with van der Waals surface area (Å²) in [6.45, 7) is 4.37. The van der Waals surface area contributed by atoms with E-state index in [1.807, 2.05) is 18.2 Å². The third-order valence-electron chi connectivity index (χ3n) is 4.60. The average molecular weight is 300 g/mol. The Hall–Kier alpha value is -2.74. The first-order valence-corrected chi connectivity index (χ1v) is 7.87. The maximum absolute atomic E-state index is 6.11. The standard InChI is InChI=1S/C21H16O2/c1-21(2)9-7-14-16-12-19-15(11-20(16)23-18(14)8-10-21)13-5-3-4-6-17(13)22-19/h3-12H,1-2H3. The second-order valence-electron chi connectivity index (χ2n) is 6.81. The molecule has 0 saturated heterocycles. The lowest BCUT2D eigenvalue weighted by Gasteiger charge is -2.12. The van der Waals surface area contributed by atoms with Gasteiger partial charge in [-0.15, -0.1) is 0 Å². The first-order valence-electron chi connectivity index (χ1n) is 7.87. The highest BCUT2D eigenvalue weighted by molar-refractivity contribution is 6.10. The highest BCUT2D eigenvalue weighted by Gasteiger charge is 2.19. The van der Waals surface area contributed by atoms with Crippen LogP contribution in [0.4, 0.5) is 0 Å². The van der Waals surface area contributed by atoms with Crippen LogP contribution < -0.4 is 0 Å². The summed E-state index contributed by atoms with van der Waals surface area (Å²) < 4.78 is 12.1. The highest BCUT2D eigenvalue weighted by atomic mass is 16.3. The number of allylic oxidation sites excluding steroid dienone is 2. The average Bonchev–Trinajstić information content (AvgIpc) is 3.01. The summed E-state index contributed by atoms with van der Waals surface area (Å²) in [6.07, 6.45) is 8.63. The third-order valence-corrected chi connectivity index (χ3v) is 4.60. The number of hydrogen-bond donors (Lipinski definition) is 0. The van der Waals surface area contributed by atoms with Crippen molar-refractivity contribution in [1.82, 2.24) is 0 Å². The fraction of sp³-hybridized carbons (Fsp3) is 0.143. The third kappa shape index (κ3) is 1.81. The van der Waals surface area contributed by atoms with Gasteiger partial charge in [0.05, 0.1) is 0 Å². The van der Waals surface area contributed by atoms with Gasteiger partial charge in [-0.05, 0) is 24.3 Å². The van der Waals surface area contributed by atoms with E-state index in [0.717, 1.165) is 44.2 Å². The minimum atomic E-state index is 0.0390. The van der Waals surface area contributed by atoms with Crippen molar-refractivity contribution in [1.29, 1.82) is 0 Å². The molecular formula is C21H16O2. The molecule has 0 bridgehead atoms. The normalized spacial score (nSPS) is 16.3. The first kappa shape index (κ1) is 12.8. The Kier molecular flexibility index (Phi) is 2.31. The van der Waals surface area contributed by atoms with E-state index in [1.54, 1.807) is 0 Å². The summed E-state index contributed by atoms with van der Waals surface area (Å²) in [5, 5.41) is 3.33. The molecule has 23 heavy (non-hydrogen) atoms. The van der Waals surface area contributed by atoms with Crippen LogP contribution in [0.2, 0.25) is 0 Å². The zero-order valence-corrected chi connectivity index (χ0v) is 13.1. The van der Waals surface area contributed by atoms with Gasteiger partial charge in [0.15, 0.2) is 0 Å². The summed E-state index contributed by atoms with van der Waals surface area (Å²) in [5.41, 5.74) is 3.89. The minimum absolute atomic E-state index is 0.0390. The Balaban J connectivity index is 1.86. The molecule has 0 amide bonds. The molecule has 2 aromatic heterocycles. The van der Waals surface area contributed by atoms with E-state index in [9.17, 15) is 0 Å². The molecule has 112 valence electrons. The number of furan rings is 2. The van der Waals surface area contributed by atoms with Crippen LogP contribution in [0.1, 0.15) is 25.2 Å². The van der Waals surface area contributed by atoms with Crippen LogP contribution in [0.5, 0.6) is 0 Å². The van der Waals surface area contributed by atoms with Crippen LogP contribution >= 0.6 is 0 Å². The van der Waals surface area contributed by atoms with E-state index >= 15 is 0 Å². The van der Waals surface area contributed by atoms with E-state index < -0.39 is 0 Å². The maximum Gasteiger partial charge on any atom is 0.136 e. The molecule has 0 spiro atoms. The summed E-state index contributed by atoms with van der Waals surface area (Å²) in [5.74, 6) is 0.916. The van der Waals surface area contributed by atoms with Crippen molar-refractivity contribution < 1.29 is 8.83 Å². The zero-order chi connectivity index (χ0) is 15.6. The SMILES string of the molecule is CC1(C)C=Cc2oc3cc4c(cc3c2C=C1)oc1ccccc14. The molecule has 2 nitrogen and oxygen atoms in total. The Labute approximate surface area is 133 Å². The Morgan fingerprint density at radius 2 is 1.48 bits per heavy atom. The van der Waals surface area contributed by atoms with Gasteiger partial charge < -0.3 is 8.83 Å². The molecule has 5 rings (SSSR count). The minimum Gasteiger partial charge on any atom is -0.456 e. The van der Waals surface area contributed by atoms with E-state index in [2.05, 4.69) is 56.4 Å². The number of para-hydroxylation sites is 1. The predicted molar refractivity (Wildman–Crippen MR) is 95.3 cm³/mol. The molecule has 0 atom stereocenters. The van der Waals surface area contributed by atoms with Crippen LogP contribution in [0.25, 0.3) is 45.1 Å². The molecule has 0 aliphatic heterocycles. The van der Waals surface area contributed by atoms with Gasteiger partial charge in [0.1, 0.15) is 22.5 Å². The Morgan fingerprint density at radius 3 is 2.39 bits per heavy atom. The second-order valence-corrected chi connectivity index (χ2v) is 6.81. The lowest BCUT2D eigenvalue weighted by Crippen LogP contribution is -2.00.